The van der Waals surface area contributed by atoms with Crippen LogP contribution in [0.15, 0.2) is 30.3 Å². The van der Waals surface area contributed by atoms with Crippen LogP contribution in [0.2, 0.25) is 0 Å². The van der Waals surface area contributed by atoms with E-state index in [4.69, 9.17) is 0 Å². The van der Waals surface area contributed by atoms with Gasteiger partial charge in [0, 0.05) is 36.3 Å². The van der Waals surface area contributed by atoms with Crippen LogP contribution in [0, 0.1) is 0 Å². The maximum absolute atomic E-state index is 12.7. The van der Waals surface area contributed by atoms with Gasteiger partial charge in [-0.1, -0.05) is 44.2 Å². The number of fused-ring (bicyclic) bond motifs is 1. The van der Waals surface area contributed by atoms with Crippen molar-refractivity contribution in [2.75, 3.05) is 6.54 Å². The quantitative estimate of drug-likeness (QED) is 0.756. The van der Waals surface area contributed by atoms with E-state index < -0.39 is 0 Å². The second-order valence-corrected chi connectivity index (χ2v) is 6.93. The molecule has 1 amide bonds. The van der Waals surface area contributed by atoms with Crippen LogP contribution in [0.5, 0.6) is 0 Å². The summed E-state index contributed by atoms with van der Waals surface area (Å²) in [6.07, 6.45) is 1.04. The van der Waals surface area contributed by atoms with Crippen LogP contribution in [-0.2, 0) is 24.2 Å². The van der Waals surface area contributed by atoms with Crippen molar-refractivity contribution in [3.63, 3.8) is 0 Å². The van der Waals surface area contributed by atoms with E-state index >= 15 is 0 Å². The number of aromatic amines is 2. The molecule has 0 spiro atoms. The molecule has 1 aliphatic heterocycles. The van der Waals surface area contributed by atoms with Crippen LogP contribution < -0.4 is 0 Å². The summed E-state index contributed by atoms with van der Waals surface area (Å²) in [5.74, 6) is 1.61. The number of carbonyl (C=O) groups excluding carboxylic acids is 1. The lowest BCUT2D eigenvalue weighted by atomic mass is 9.99. The number of H-pyrrole nitrogens is 2. The fourth-order valence-corrected chi connectivity index (χ4v) is 3.35. The first-order valence-electron chi connectivity index (χ1n) is 8.92. The van der Waals surface area contributed by atoms with E-state index in [-0.39, 0.29) is 12.3 Å². The van der Waals surface area contributed by atoms with E-state index in [1.54, 1.807) is 0 Å². The molecule has 0 bridgehead atoms. The lowest BCUT2D eigenvalue weighted by molar-refractivity contribution is -0.131. The van der Waals surface area contributed by atoms with Gasteiger partial charge in [0.1, 0.15) is 5.82 Å². The Labute approximate surface area is 151 Å². The molecule has 3 aromatic rings. The average Bonchev–Trinajstić information content (AvgIpc) is 3.28. The number of benzene rings is 1. The summed E-state index contributed by atoms with van der Waals surface area (Å²) in [5, 5.41) is 14.7. The van der Waals surface area contributed by atoms with Crippen molar-refractivity contribution in [2.45, 2.75) is 39.2 Å². The normalized spacial score (nSPS) is 13.9. The molecule has 7 nitrogen and oxygen atoms in total. The molecular formula is C19H22N6O. The molecule has 1 aromatic carbocycles. The van der Waals surface area contributed by atoms with E-state index in [0.717, 1.165) is 23.4 Å². The number of amides is 1. The molecule has 0 unspecified atom stereocenters. The summed E-state index contributed by atoms with van der Waals surface area (Å²) < 4.78 is 0. The summed E-state index contributed by atoms with van der Waals surface area (Å²) in [6.45, 7) is 5.55. The minimum Gasteiger partial charge on any atom is -0.337 e. The van der Waals surface area contributed by atoms with Gasteiger partial charge in [0.05, 0.1) is 12.1 Å². The van der Waals surface area contributed by atoms with Crippen LogP contribution in [0.4, 0.5) is 0 Å². The molecule has 2 aromatic heterocycles. The minimum absolute atomic E-state index is 0.0577. The predicted octanol–water partition coefficient (Wildman–Crippen LogP) is 2.45. The Balaban J connectivity index is 1.46. The number of rotatable bonds is 4. The maximum Gasteiger partial charge on any atom is 0.230 e. The first-order chi connectivity index (χ1) is 12.6. The zero-order valence-corrected chi connectivity index (χ0v) is 15.0. The van der Waals surface area contributed by atoms with Crippen LogP contribution in [-0.4, -0.2) is 42.7 Å². The third-order valence-electron chi connectivity index (χ3n) is 4.75. The van der Waals surface area contributed by atoms with Crippen LogP contribution in [0.1, 0.15) is 42.5 Å². The second kappa shape index (κ2) is 6.74. The van der Waals surface area contributed by atoms with E-state index in [1.807, 2.05) is 35.2 Å². The minimum atomic E-state index is 0.0577. The first kappa shape index (κ1) is 16.5. The van der Waals surface area contributed by atoms with E-state index in [2.05, 4.69) is 39.2 Å². The number of nitrogens with zero attached hydrogens (tertiary/aromatic N) is 4. The van der Waals surface area contributed by atoms with Gasteiger partial charge in [-0.05, 0) is 5.92 Å². The fraction of sp³-hybridized carbons (Fsp3) is 0.368. The highest BCUT2D eigenvalue weighted by Gasteiger charge is 2.26. The van der Waals surface area contributed by atoms with Crippen molar-refractivity contribution in [1.82, 2.24) is 30.3 Å². The number of nitrogens with one attached hydrogen (secondary N) is 2. The van der Waals surface area contributed by atoms with Crippen LogP contribution >= 0.6 is 0 Å². The SMILES string of the molecule is CC(C)c1n[nH]c2c1CN(C(=O)Cc1nc(-c3ccccc3)n[nH]1)CC2. The molecule has 26 heavy (non-hydrogen) atoms. The Morgan fingerprint density at radius 1 is 1.19 bits per heavy atom. The predicted molar refractivity (Wildman–Crippen MR) is 97.3 cm³/mol. The first-order valence-corrected chi connectivity index (χ1v) is 8.92. The van der Waals surface area contributed by atoms with Gasteiger partial charge >= 0.3 is 0 Å². The highest BCUT2D eigenvalue weighted by Crippen LogP contribution is 2.25. The van der Waals surface area contributed by atoms with Gasteiger partial charge in [-0.15, -0.1) is 0 Å². The number of hydrogen-bond donors (Lipinski definition) is 2. The second-order valence-electron chi connectivity index (χ2n) is 6.93. The molecule has 0 fully saturated rings. The van der Waals surface area contributed by atoms with Crippen molar-refractivity contribution in [3.8, 4) is 11.4 Å². The Morgan fingerprint density at radius 3 is 2.77 bits per heavy atom. The van der Waals surface area contributed by atoms with Crippen LogP contribution in [0.25, 0.3) is 11.4 Å². The molecule has 0 atom stereocenters. The lowest BCUT2D eigenvalue weighted by Gasteiger charge is -2.27. The molecule has 0 saturated heterocycles. The van der Waals surface area contributed by atoms with E-state index in [1.165, 1.54) is 5.56 Å². The van der Waals surface area contributed by atoms with E-state index in [9.17, 15) is 4.79 Å². The van der Waals surface area contributed by atoms with Crippen molar-refractivity contribution in [3.05, 3.63) is 53.1 Å². The van der Waals surface area contributed by atoms with Gasteiger partial charge in [0.15, 0.2) is 5.82 Å². The van der Waals surface area contributed by atoms with Gasteiger partial charge in [-0.2, -0.15) is 10.2 Å². The molecule has 0 aliphatic carbocycles. The summed E-state index contributed by atoms with van der Waals surface area (Å²) in [5.41, 5.74) is 4.32. The number of carbonyl (C=O) groups is 1. The third kappa shape index (κ3) is 3.12. The third-order valence-corrected chi connectivity index (χ3v) is 4.75. The highest BCUT2D eigenvalue weighted by atomic mass is 16.2. The van der Waals surface area contributed by atoms with Gasteiger partial charge in [-0.3, -0.25) is 15.0 Å². The summed E-state index contributed by atoms with van der Waals surface area (Å²) in [7, 11) is 0. The topological polar surface area (TPSA) is 90.6 Å². The fourth-order valence-electron chi connectivity index (χ4n) is 3.35. The summed E-state index contributed by atoms with van der Waals surface area (Å²) >= 11 is 0. The maximum atomic E-state index is 12.7. The molecule has 1 aliphatic rings. The van der Waals surface area contributed by atoms with Crippen molar-refractivity contribution >= 4 is 5.91 Å². The molecule has 2 N–H and O–H groups in total. The standard InChI is InChI=1S/C19H22N6O/c1-12(2)18-14-11-25(9-8-15(14)21-23-18)17(26)10-16-20-19(24-22-16)13-6-4-3-5-7-13/h3-7,12H,8-11H2,1-2H3,(H,21,23)(H,20,22,24). The van der Waals surface area contributed by atoms with Crippen molar-refractivity contribution in [1.29, 1.82) is 0 Å². The smallest absolute Gasteiger partial charge is 0.230 e. The lowest BCUT2D eigenvalue weighted by Crippen LogP contribution is -2.37. The molecule has 0 radical (unpaired) electrons. The molecular weight excluding hydrogens is 328 g/mol. The Kier molecular flexibility index (Phi) is 4.28. The van der Waals surface area contributed by atoms with Crippen molar-refractivity contribution < 1.29 is 4.79 Å². The highest BCUT2D eigenvalue weighted by molar-refractivity contribution is 5.78. The molecule has 7 heteroatoms. The zero-order chi connectivity index (χ0) is 18.1. The Bertz CT molecular complexity index is 911. The molecule has 134 valence electrons. The zero-order valence-electron chi connectivity index (χ0n) is 15.0. The van der Waals surface area contributed by atoms with Gasteiger partial charge in [0.25, 0.3) is 0 Å². The molecule has 4 rings (SSSR count). The summed E-state index contributed by atoms with van der Waals surface area (Å²) in [4.78, 5) is 19.1. The summed E-state index contributed by atoms with van der Waals surface area (Å²) in [6, 6.07) is 9.74. The van der Waals surface area contributed by atoms with Gasteiger partial charge in [-0.25, -0.2) is 4.98 Å². The van der Waals surface area contributed by atoms with Gasteiger partial charge in [0.2, 0.25) is 5.91 Å². The van der Waals surface area contributed by atoms with Crippen molar-refractivity contribution in [2.24, 2.45) is 0 Å². The van der Waals surface area contributed by atoms with E-state index in [0.29, 0.717) is 30.7 Å². The molecule has 3 heterocycles. The monoisotopic (exact) mass is 350 g/mol. The van der Waals surface area contributed by atoms with Crippen LogP contribution in [0.3, 0.4) is 0 Å². The molecule has 0 saturated carbocycles. The Morgan fingerprint density at radius 2 is 2.00 bits per heavy atom. The largest absolute Gasteiger partial charge is 0.337 e. The number of hydrogen-bond acceptors (Lipinski definition) is 4. The average molecular weight is 350 g/mol. The van der Waals surface area contributed by atoms with Gasteiger partial charge < -0.3 is 4.90 Å². The Hall–Kier alpha value is -2.96. The number of aromatic nitrogens is 5.